The molecule has 1 aliphatic rings. The number of nitrogens with zero attached hydrogens (tertiary/aromatic N) is 1. The molecule has 0 radical (unpaired) electrons. The summed E-state index contributed by atoms with van der Waals surface area (Å²) in [5.74, 6) is 0.385. The van der Waals surface area contributed by atoms with Gasteiger partial charge in [-0.25, -0.2) is 4.98 Å². The fourth-order valence-corrected chi connectivity index (χ4v) is 2.38. The molecule has 0 bridgehead atoms. The van der Waals surface area contributed by atoms with E-state index in [1.54, 1.807) is 18.4 Å². The molecule has 0 amide bonds. The molecule has 2 rings (SSSR count). The maximum Gasteiger partial charge on any atom is 0.500 e. The van der Waals surface area contributed by atoms with Crippen molar-refractivity contribution in [2.75, 3.05) is 13.4 Å². The zero-order valence-corrected chi connectivity index (χ0v) is 13.5. The Morgan fingerprint density at radius 3 is 2.20 bits per heavy atom. The van der Waals surface area contributed by atoms with Crippen LogP contribution in [-0.2, 0) is 20.1 Å². The van der Waals surface area contributed by atoms with Crippen LogP contribution >= 0.6 is 0 Å². The highest BCUT2D eigenvalue weighted by molar-refractivity contribution is 7.84. The lowest BCUT2D eigenvalue weighted by molar-refractivity contribution is 0.00578. The van der Waals surface area contributed by atoms with Crippen molar-refractivity contribution in [3.63, 3.8) is 0 Å². The summed E-state index contributed by atoms with van der Waals surface area (Å²) < 4.78 is 28.7. The van der Waals surface area contributed by atoms with Crippen LogP contribution in [0.3, 0.4) is 0 Å². The molecule has 2 heterocycles. The van der Waals surface area contributed by atoms with E-state index in [2.05, 4.69) is 4.98 Å². The molecule has 0 aliphatic carbocycles. The van der Waals surface area contributed by atoms with Gasteiger partial charge in [0.15, 0.2) is 0 Å². The zero-order valence-electron chi connectivity index (χ0n) is 12.7. The summed E-state index contributed by atoms with van der Waals surface area (Å²) in [5.41, 5.74) is -0.135. The number of ether oxygens (including phenoxy) is 1. The summed E-state index contributed by atoms with van der Waals surface area (Å²) in [5, 5.41) is 0.474. The van der Waals surface area contributed by atoms with Gasteiger partial charge in [0.25, 0.3) is 0 Å². The van der Waals surface area contributed by atoms with Crippen molar-refractivity contribution in [2.45, 2.75) is 43.9 Å². The largest absolute Gasteiger partial charge is 0.500 e. The van der Waals surface area contributed by atoms with Gasteiger partial charge in [-0.05, 0) is 33.8 Å². The minimum Gasteiger partial charge on any atom is -0.481 e. The molecular formula is C13H20BNO4S. The Bertz CT molecular complexity index is 531. The van der Waals surface area contributed by atoms with Crippen LogP contribution in [0.25, 0.3) is 0 Å². The third kappa shape index (κ3) is 2.62. The fourth-order valence-electron chi connectivity index (χ4n) is 1.91. The molecule has 0 saturated carbocycles. The van der Waals surface area contributed by atoms with Gasteiger partial charge in [-0.3, -0.25) is 4.21 Å². The SMILES string of the molecule is COc1nc(S(C)=O)ccc1B1OC(C)(C)C(C)(C)O1. The first-order valence-electron chi connectivity index (χ1n) is 6.42. The number of hydrogen-bond donors (Lipinski definition) is 0. The number of rotatable bonds is 3. The van der Waals surface area contributed by atoms with Crippen molar-refractivity contribution in [3.05, 3.63) is 12.1 Å². The van der Waals surface area contributed by atoms with Crippen LogP contribution in [0.15, 0.2) is 17.2 Å². The number of hydrogen-bond acceptors (Lipinski definition) is 5. The van der Waals surface area contributed by atoms with E-state index < -0.39 is 29.1 Å². The molecule has 1 unspecified atom stereocenters. The predicted molar refractivity (Wildman–Crippen MR) is 78.8 cm³/mol. The van der Waals surface area contributed by atoms with E-state index in [1.807, 2.05) is 27.7 Å². The summed E-state index contributed by atoms with van der Waals surface area (Å²) in [6, 6.07) is 3.50. The molecule has 1 fully saturated rings. The number of aromatic nitrogens is 1. The summed E-state index contributed by atoms with van der Waals surface area (Å²) in [6.07, 6.45) is 1.58. The Labute approximate surface area is 122 Å². The molecule has 110 valence electrons. The van der Waals surface area contributed by atoms with Gasteiger partial charge in [0, 0.05) is 11.7 Å². The van der Waals surface area contributed by atoms with Gasteiger partial charge in [0.2, 0.25) is 5.88 Å². The van der Waals surface area contributed by atoms with Crippen molar-refractivity contribution in [2.24, 2.45) is 0 Å². The van der Waals surface area contributed by atoms with Gasteiger partial charge in [0.05, 0.1) is 29.1 Å². The molecular weight excluding hydrogens is 277 g/mol. The van der Waals surface area contributed by atoms with Crippen molar-refractivity contribution in [3.8, 4) is 5.88 Å². The monoisotopic (exact) mass is 297 g/mol. The first-order chi connectivity index (χ1) is 9.18. The molecule has 0 spiro atoms. The van der Waals surface area contributed by atoms with Crippen LogP contribution in [0, 0.1) is 0 Å². The maximum atomic E-state index is 11.5. The first kappa shape index (κ1) is 15.5. The number of pyridine rings is 1. The van der Waals surface area contributed by atoms with E-state index in [4.69, 9.17) is 14.0 Å². The van der Waals surface area contributed by atoms with E-state index in [0.717, 1.165) is 0 Å². The quantitative estimate of drug-likeness (QED) is 0.783. The predicted octanol–water partition coefficient (Wildman–Crippen LogP) is 1.13. The Hall–Kier alpha value is -0.915. The molecule has 1 saturated heterocycles. The van der Waals surface area contributed by atoms with Crippen LogP contribution in [0.5, 0.6) is 5.88 Å². The van der Waals surface area contributed by atoms with Gasteiger partial charge in [-0.2, -0.15) is 0 Å². The third-order valence-corrected chi connectivity index (χ3v) is 4.68. The second-order valence-corrected chi connectivity index (χ2v) is 7.12. The van der Waals surface area contributed by atoms with Crippen molar-refractivity contribution in [1.82, 2.24) is 4.98 Å². The lowest BCUT2D eigenvalue weighted by Gasteiger charge is -2.32. The highest BCUT2D eigenvalue weighted by Crippen LogP contribution is 2.37. The molecule has 1 aromatic heterocycles. The van der Waals surface area contributed by atoms with Gasteiger partial charge in [0.1, 0.15) is 5.03 Å². The minimum atomic E-state index is -1.15. The second-order valence-electron chi connectivity index (χ2n) is 5.79. The van der Waals surface area contributed by atoms with E-state index >= 15 is 0 Å². The molecule has 1 aromatic rings. The summed E-state index contributed by atoms with van der Waals surface area (Å²) >= 11 is 0. The summed E-state index contributed by atoms with van der Waals surface area (Å²) in [6.45, 7) is 7.95. The Morgan fingerprint density at radius 2 is 1.75 bits per heavy atom. The third-order valence-electron chi connectivity index (χ3n) is 3.86. The van der Waals surface area contributed by atoms with Crippen molar-refractivity contribution >= 4 is 23.4 Å². The van der Waals surface area contributed by atoms with Gasteiger partial charge in [-0.1, -0.05) is 6.07 Å². The summed E-state index contributed by atoms with van der Waals surface area (Å²) in [4.78, 5) is 4.25. The zero-order chi connectivity index (χ0) is 15.1. The van der Waals surface area contributed by atoms with Crippen LogP contribution in [0.4, 0.5) is 0 Å². The minimum absolute atomic E-state index is 0.385. The molecule has 20 heavy (non-hydrogen) atoms. The Morgan fingerprint density at radius 1 is 1.20 bits per heavy atom. The second kappa shape index (κ2) is 5.13. The van der Waals surface area contributed by atoms with Crippen LogP contribution < -0.4 is 10.2 Å². The highest BCUT2D eigenvalue weighted by Gasteiger charge is 2.52. The first-order valence-corrected chi connectivity index (χ1v) is 7.98. The lowest BCUT2D eigenvalue weighted by Crippen LogP contribution is -2.41. The normalized spacial score (nSPS) is 21.8. The molecule has 0 aromatic carbocycles. The molecule has 1 aliphatic heterocycles. The Kier molecular flexibility index (Phi) is 3.97. The van der Waals surface area contributed by atoms with Crippen LogP contribution in [0.2, 0.25) is 0 Å². The Balaban J connectivity index is 2.37. The van der Waals surface area contributed by atoms with Crippen molar-refractivity contribution in [1.29, 1.82) is 0 Å². The molecule has 5 nitrogen and oxygen atoms in total. The van der Waals surface area contributed by atoms with E-state index in [0.29, 0.717) is 16.4 Å². The van der Waals surface area contributed by atoms with Crippen LogP contribution in [0.1, 0.15) is 27.7 Å². The van der Waals surface area contributed by atoms with Crippen LogP contribution in [-0.4, -0.2) is 40.9 Å². The van der Waals surface area contributed by atoms with E-state index in [1.165, 1.54) is 7.11 Å². The molecule has 1 atom stereocenters. The number of methoxy groups -OCH3 is 1. The van der Waals surface area contributed by atoms with Gasteiger partial charge < -0.3 is 14.0 Å². The smallest absolute Gasteiger partial charge is 0.481 e. The molecule has 7 heteroatoms. The highest BCUT2D eigenvalue weighted by atomic mass is 32.2. The standard InChI is InChI=1S/C13H20BNO4S/c1-12(2)13(3,4)19-14(18-12)9-7-8-10(20(6)16)15-11(9)17-5/h7-8H,1-6H3. The summed E-state index contributed by atoms with van der Waals surface area (Å²) in [7, 11) is -0.167. The van der Waals surface area contributed by atoms with Crippen molar-refractivity contribution < 1.29 is 18.3 Å². The maximum absolute atomic E-state index is 11.5. The topological polar surface area (TPSA) is 57.7 Å². The molecule has 0 N–H and O–H groups in total. The van der Waals surface area contributed by atoms with Gasteiger partial charge in [-0.15, -0.1) is 0 Å². The fraction of sp³-hybridized carbons (Fsp3) is 0.615. The van der Waals surface area contributed by atoms with Gasteiger partial charge >= 0.3 is 7.12 Å². The van der Waals surface area contributed by atoms with E-state index in [9.17, 15) is 4.21 Å². The average molecular weight is 297 g/mol. The van der Waals surface area contributed by atoms with E-state index in [-0.39, 0.29) is 0 Å². The average Bonchev–Trinajstić information content (AvgIpc) is 2.57. The lowest BCUT2D eigenvalue weighted by atomic mass is 9.80.